The first-order chi connectivity index (χ1) is 23.4. The number of halogens is 2. The Morgan fingerprint density at radius 3 is 1.19 bits per heavy atom. The average molecular weight is 664 g/mol. The lowest BCUT2D eigenvalue weighted by Crippen LogP contribution is -2.72. The van der Waals surface area contributed by atoms with Gasteiger partial charge in [-0.25, -0.2) is 0 Å². The van der Waals surface area contributed by atoms with Gasteiger partial charge in [-0.2, -0.15) is 0 Å². The Morgan fingerprint density at radius 2 is 0.729 bits per heavy atom. The van der Waals surface area contributed by atoms with Crippen molar-refractivity contribution in [2.24, 2.45) is 0 Å². The van der Waals surface area contributed by atoms with E-state index in [4.69, 9.17) is 23.2 Å². The average Bonchev–Trinajstić information content (AvgIpc) is 3.17. The van der Waals surface area contributed by atoms with E-state index >= 15 is 9.59 Å². The normalized spacial score (nSPS) is 24.9. The zero-order valence-corrected chi connectivity index (χ0v) is 27.6. The van der Waals surface area contributed by atoms with Crippen LogP contribution in [0.2, 0.25) is 0 Å². The smallest absolute Gasteiger partial charge is 0.178 e. The number of benzene rings is 6. The summed E-state index contributed by atoms with van der Waals surface area (Å²) in [5, 5.41) is 0. The third-order valence-electron chi connectivity index (χ3n) is 9.74. The van der Waals surface area contributed by atoms with Crippen molar-refractivity contribution in [2.75, 3.05) is 0 Å². The molecule has 1 aliphatic carbocycles. The van der Waals surface area contributed by atoms with Crippen molar-refractivity contribution < 1.29 is 9.59 Å². The monoisotopic (exact) mass is 662 g/mol. The number of allylic oxidation sites excluding steroid dienone is 2. The van der Waals surface area contributed by atoms with E-state index in [-0.39, 0.29) is 11.6 Å². The Morgan fingerprint density at radius 1 is 0.375 bits per heavy atom. The number of carbonyl (C=O) groups is 2. The van der Waals surface area contributed by atoms with Crippen molar-refractivity contribution in [2.45, 2.75) is 20.6 Å². The topological polar surface area (TPSA) is 34.1 Å². The summed E-state index contributed by atoms with van der Waals surface area (Å²) in [7, 11) is 0. The van der Waals surface area contributed by atoms with Crippen molar-refractivity contribution in [3.8, 4) is 0 Å². The molecule has 6 aromatic rings. The zero-order valence-electron chi connectivity index (χ0n) is 26.0. The molecule has 0 bridgehead atoms. The molecule has 4 unspecified atom stereocenters. The van der Waals surface area contributed by atoms with Crippen LogP contribution in [0.3, 0.4) is 0 Å². The van der Waals surface area contributed by atoms with Gasteiger partial charge in [0.05, 0.1) is 5.41 Å². The molecule has 0 saturated carbocycles. The van der Waals surface area contributed by atoms with E-state index in [1.807, 2.05) is 170 Å². The van der Waals surface area contributed by atoms with Gasteiger partial charge in [-0.3, -0.25) is 9.59 Å². The fourth-order valence-electron chi connectivity index (χ4n) is 7.69. The van der Waals surface area contributed by atoms with E-state index in [2.05, 4.69) is 0 Å². The molecule has 7 rings (SSSR count). The standard InChI is InChI=1S/C44H32Cl2O2/c45-42(36-25-13-4-14-26-36)32-31-41(35-23-11-3-12-24-35,39(47)33-19-7-1-8-20-33)43(37-27-15-5-16-28-37,40(48)34-21-9-2-10-22-34)44(42,46)38-29-17-6-18-30-38/h1-32H. The number of carbonyl (C=O) groups excluding carboxylic acids is 2. The second-order valence-corrected chi connectivity index (χ2v) is 13.3. The highest BCUT2D eigenvalue weighted by Crippen LogP contribution is 2.71. The van der Waals surface area contributed by atoms with Crippen LogP contribution < -0.4 is 0 Å². The summed E-state index contributed by atoms with van der Waals surface area (Å²) in [6.07, 6.45) is 3.70. The van der Waals surface area contributed by atoms with E-state index in [0.717, 1.165) is 0 Å². The molecule has 0 amide bonds. The third kappa shape index (κ3) is 4.48. The summed E-state index contributed by atoms with van der Waals surface area (Å²) < 4.78 is 0. The van der Waals surface area contributed by atoms with Gasteiger partial charge in [-0.1, -0.05) is 194 Å². The highest BCUT2D eigenvalue weighted by molar-refractivity contribution is 6.40. The van der Waals surface area contributed by atoms with Crippen LogP contribution in [-0.4, -0.2) is 11.6 Å². The zero-order chi connectivity index (χ0) is 33.2. The van der Waals surface area contributed by atoms with Gasteiger partial charge in [0, 0.05) is 11.1 Å². The molecule has 0 spiro atoms. The summed E-state index contributed by atoms with van der Waals surface area (Å²) in [5.74, 6) is -0.599. The predicted octanol–water partition coefficient (Wildman–Crippen LogP) is 10.5. The summed E-state index contributed by atoms with van der Waals surface area (Å²) >= 11 is 16.6. The quantitative estimate of drug-likeness (QED) is 0.0923. The van der Waals surface area contributed by atoms with Gasteiger partial charge in [0.2, 0.25) is 0 Å². The molecule has 0 aromatic heterocycles. The molecule has 0 aliphatic heterocycles. The molecule has 6 aromatic carbocycles. The minimum Gasteiger partial charge on any atom is -0.293 e. The van der Waals surface area contributed by atoms with Gasteiger partial charge in [0.15, 0.2) is 11.6 Å². The third-order valence-corrected chi connectivity index (χ3v) is 11.3. The Kier molecular flexibility index (Phi) is 8.25. The van der Waals surface area contributed by atoms with Crippen molar-refractivity contribution in [1.82, 2.24) is 0 Å². The molecular weight excluding hydrogens is 631 g/mol. The molecule has 0 heterocycles. The van der Waals surface area contributed by atoms with Crippen LogP contribution in [0.25, 0.3) is 0 Å². The van der Waals surface area contributed by atoms with E-state index in [9.17, 15) is 0 Å². The number of hydrogen-bond donors (Lipinski definition) is 0. The van der Waals surface area contributed by atoms with Crippen LogP contribution in [0.5, 0.6) is 0 Å². The Hall–Kier alpha value is -5.02. The number of rotatable bonds is 8. The lowest BCUT2D eigenvalue weighted by molar-refractivity contribution is 0.0578. The van der Waals surface area contributed by atoms with E-state index in [1.54, 1.807) is 24.3 Å². The molecule has 48 heavy (non-hydrogen) atoms. The first-order valence-corrected chi connectivity index (χ1v) is 16.7. The molecule has 0 saturated heterocycles. The molecule has 1 aliphatic rings. The van der Waals surface area contributed by atoms with Crippen LogP contribution >= 0.6 is 23.2 Å². The largest absolute Gasteiger partial charge is 0.293 e. The maximum absolute atomic E-state index is 16.2. The van der Waals surface area contributed by atoms with Gasteiger partial charge in [-0.05, 0) is 22.3 Å². The van der Waals surface area contributed by atoms with Gasteiger partial charge in [-0.15, -0.1) is 23.2 Å². The van der Waals surface area contributed by atoms with Crippen molar-refractivity contribution in [3.63, 3.8) is 0 Å². The summed E-state index contributed by atoms with van der Waals surface area (Å²) in [6, 6.07) is 56.3. The molecule has 2 nitrogen and oxygen atoms in total. The van der Waals surface area contributed by atoms with Crippen LogP contribution in [0.4, 0.5) is 0 Å². The Balaban J connectivity index is 1.78. The first-order valence-electron chi connectivity index (χ1n) is 15.9. The van der Waals surface area contributed by atoms with E-state index in [1.165, 1.54) is 0 Å². The van der Waals surface area contributed by atoms with Gasteiger partial charge < -0.3 is 0 Å². The highest BCUT2D eigenvalue weighted by Gasteiger charge is 2.77. The molecular formula is C44H32Cl2O2. The lowest BCUT2D eigenvalue weighted by atomic mass is 9.41. The van der Waals surface area contributed by atoms with Crippen LogP contribution in [0.1, 0.15) is 43.0 Å². The van der Waals surface area contributed by atoms with Crippen molar-refractivity contribution in [1.29, 1.82) is 0 Å². The fourth-order valence-corrected chi connectivity index (χ4v) is 8.77. The summed E-state index contributed by atoms with van der Waals surface area (Å²) in [5.41, 5.74) is -0.221. The second-order valence-electron chi connectivity index (χ2n) is 12.1. The van der Waals surface area contributed by atoms with Crippen molar-refractivity contribution in [3.05, 3.63) is 228 Å². The molecule has 0 N–H and O–H groups in total. The molecule has 234 valence electrons. The molecule has 0 fully saturated rings. The van der Waals surface area contributed by atoms with E-state index < -0.39 is 20.6 Å². The number of Topliss-reactive ketones (excluding diaryl/α,β-unsaturated/α-hetero) is 2. The van der Waals surface area contributed by atoms with E-state index in [0.29, 0.717) is 33.4 Å². The maximum Gasteiger partial charge on any atom is 0.178 e. The molecule has 0 radical (unpaired) electrons. The molecule has 4 heteroatoms. The number of alkyl halides is 2. The van der Waals surface area contributed by atoms with Crippen molar-refractivity contribution >= 4 is 34.8 Å². The first kappa shape index (κ1) is 31.6. The van der Waals surface area contributed by atoms with Gasteiger partial charge in [0.25, 0.3) is 0 Å². The number of hydrogen-bond acceptors (Lipinski definition) is 2. The summed E-state index contributed by atoms with van der Waals surface area (Å²) in [6.45, 7) is 0. The Bertz CT molecular complexity index is 2070. The molecule has 4 atom stereocenters. The van der Waals surface area contributed by atoms with Gasteiger partial charge >= 0.3 is 0 Å². The predicted molar refractivity (Wildman–Crippen MR) is 195 cm³/mol. The minimum atomic E-state index is -1.87. The summed E-state index contributed by atoms with van der Waals surface area (Å²) in [4.78, 5) is 28.7. The lowest BCUT2D eigenvalue weighted by Gasteiger charge is -2.62. The minimum absolute atomic E-state index is 0.272. The number of ketones is 2. The van der Waals surface area contributed by atoms with Crippen LogP contribution in [0, 0.1) is 0 Å². The van der Waals surface area contributed by atoms with Crippen LogP contribution in [0.15, 0.2) is 194 Å². The Labute approximate surface area is 291 Å². The van der Waals surface area contributed by atoms with Crippen LogP contribution in [-0.2, 0) is 20.6 Å². The highest BCUT2D eigenvalue weighted by atomic mass is 35.5. The SMILES string of the molecule is O=C(c1ccccc1)C1(c2ccccc2)C=CC(Cl)(c2ccccc2)C(Cl)(c2ccccc2)C1(C(=O)c1ccccc1)c1ccccc1. The fraction of sp³-hybridized carbons (Fsp3) is 0.0909. The van der Waals surface area contributed by atoms with Gasteiger partial charge in [0.1, 0.15) is 15.2 Å². The second kappa shape index (κ2) is 12.5. The maximum atomic E-state index is 16.2.